The van der Waals surface area contributed by atoms with Crippen molar-refractivity contribution in [3.05, 3.63) is 21.9 Å². The van der Waals surface area contributed by atoms with E-state index in [9.17, 15) is 4.79 Å². The molecule has 1 fully saturated rings. The van der Waals surface area contributed by atoms with E-state index >= 15 is 0 Å². The molecule has 0 saturated carbocycles. The predicted octanol–water partition coefficient (Wildman–Crippen LogP) is 3.02. The monoisotopic (exact) mass is 306 g/mol. The summed E-state index contributed by atoms with van der Waals surface area (Å²) in [7, 11) is 0. The summed E-state index contributed by atoms with van der Waals surface area (Å²) < 4.78 is 0. The van der Waals surface area contributed by atoms with Crippen LogP contribution in [0.25, 0.3) is 0 Å². The Labute approximate surface area is 131 Å². The molecule has 0 spiro atoms. The quantitative estimate of drug-likeness (QED) is 0.927. The maximum atomic E-state index is 13.0. The van der Waals surface area contributed by atoms with Crippen molar-refractivity contribution in [2.45, 2.75) is 44.9 Å². The molecule has 21 heavy (non-hydrogen) atoms. The normalized spacial score (nSPS) is 25.4. The number of carbonyl (C=O) groups excluding carboxylic acids is 1. The molecule has 1 N–H and O–H groups in total. The number of hydrogen-bond donors (Lipinski definition) is 1. The number of nitrogens with zero attached hydrogens (tertiary/aromatic N) is 1. The number of hydrogen-bond acceptors (Lipinski definition) is 3. The molecule has 2 atom stereocenters. The van der Waals surface area contributed by atoms with Crippen LogP contribution in [0.15, 0.2) is 11.4 Å². The number of aryl methyl sites for hydroxylation is 1. The summed E-state index contributed by atoms with van der Waals surface area (Å²) in [5.41, 5.74) is 1.32. The van der Waals surface area contributed by atoms with Crippen molar-refractivity contribution in [1.82, 2.24) is 10.2 Å². The van der Waals surface area contributed by atoms with Crippen LogP contribution in [-0.4, -0.2) is 37.0 Å². The molecule has 0 radical (unpaired) electrons. The number of carbonyl (C=O) groups is 1. The molecule has 3 rings (SSSR count). The largest absolute Gasteiger partial charge is 0.342 e. The fraction of sp³-hybridized carbons (Fsp3) is 0.706. The molecule has 1 saturated heterocycles. The number of piperidine rings is 1. The minimum atomic E-state index is 0.122. The average molecular weight is 306 g/mol. The topological polar surface area (TPSA) is 32.3 Å². The van der Waals surface area contributed by atoms with Crippen molar-refractivity contribution >= 4 is 17.2 Å². The van der Waals surface area contributed by atoms with Gasteiger partial charge in [0.05, 0.1) is 5.92 Å². The van der Waals surface area contributed by atoms with E-state index in [1.165, 1.54) is 23.3 Å². The second-order valence-electron chi connectivity index (χ2n) is 6.33. The van der Waals surface area contributed by atoms with Crippen LogP contribution in [0.1, 0.15) is 49.0 Å². The third-order valence-electron chi connectivity index (χ3n) is 4.92. The SMILES string of the molecule is CCN(CC1CCCNC1)C(=O)C1CCCc2sccc21. The van der Waals surface area contributed by atoms with E-state index in [0.717, 1.165) is 45.4 Å². The molecule has 1 aromatic rings. The van der Waals surface area contributed by atoms with Gasteiger partial charge in [-0.25, -0.2) is 0 Å². The number of rotatable bonds is 4. The molecule has 2 unspecified atom stereocenters. The molecular weight excluding hydrogens is 280 g/mol. The lowest BCUT2D eigenvalue weighted by atomic mass is 9.86. The Hall–Kier alpha value is -0.870. The molecule has 4 heteroatoms. The second-order valence-corrected chi connectivity index (χ2v) is 7.33. The van der Waals surface area contributed by atoms with Gasteiger partial charge < -0.3 is 10.2 Å². The third-order valence-corrected chi connectivity index (χ3v) is 5.92. The first kappa shape index (κ1) is 15.0. The molecule has 3 nitrogen and oxygen atoms in total. The van der Waals surface area contributed by atoms with Gasteiger partial charge in [0.2, 0.25) is 5.91 Å². The minimum absolute atomic E-state index is 0.122. The van der Waals surface area contributed by atoms with Crippen LogP contribution >= 0.6 is 11.3 Å². The van der Waals surface area contributed by atoms with Gasteiger partial charge in [0, 0.05) is 18.0 Å². The Morgan fingerprint density at radius 2 is 2.33 bits per heavy atom. The molecule has 0 aromatic carbocycles. The molecule has 1 aliphatic heterocycles. The number of likely N-dealkylation sites (N-methyl/N-ethyl adjacent to an activating group) is 1. The van der Waals surface area contributed by atoms with Crippen LogP contribution < -0.4 is 5.32 Å². The van der Waals surface area contributed by atoms with E-state index < -0.39 is 0 Å². The van der Waals surface area contributed by atoms with Gasteiger partial charge in [-0.2, -0.15) is 0 Å². The zero-order chi connectivity index (χ0) is 14.7. The van der Waals surface area contributed by atoms with Gasteiger partial charge in [0.25, 0.3) is 0 Å². The van der Waals surface area contributed by atoms with Crippen molar-refractivity contribution in [3.63, 3.8) is 0 Å². The van der Waals surface area contributed by atoms with Crippen molar-refractivity contribution in [1.29, 1.82) is 0 Å². The van der Waals surface area contributed by atoms with Gasteiger partial charge in [0.1, 0.15) is 0 Å². The Balaban J connectivity index is 1.68. The molecule has 2 aliphatic rings. The van der Waals surface area contributed by atoms with E-state index in [2.05, 4.69) is 28.6 Å². The molecule has 0 bridgehead atoms. The van der Waals surface area contributed by atoms with E-state index in [1.54, 1.807) is 0 Å². The van der Waals surface area contributed by atoms with Gasteiger partial charge in [-0.1, -0.05) is 0 Å². The zero-order valence-electron chi connectivity index (χ0n) is 12.9. The lowest BCUT2D eigenvalue weighted by Gasteiger charge is -2.33. The summed E-state index contributed by atoms with van der Waals surface area (Å²) in [4.78, 5) is 16.5. The molecule has 1 aromatic heterocycles. The zero-order valence-corrected chi connectivity index (χ0v) is 13.8. The molecular formula is C17H26N2OS. The lowest BCUT2D eigenvalue weighted by molar-refractivity contribution is -0.133. The maximum Gasteiger partial charge on any atom is 0.230 e. The molecule has 1 amide bonds. The fourth-order valence-corrected chi connectivity index (χ4v) is 4.72. The van der Waals surface area contributed by atoms with E-state index in [4.69, 9.17) is 0 Å². The Morgan fingerprint density at radius 1 is 1.43 bits per heavy atom. The summed E-state index contributed by atoms with van der Waals surface area (Å²) in [6, 6.07) is 2.18. The smallest absolute Gasteiger partial charge is 0.230 e. The van der Waals surface area contributed by atoms with Crippen LogP contribution in [0, 0.1) is 5.92 Å². The summed E-state index contributed by atoms with van der Waals surface area (Å²) in [5, 5.41) is 5.61. The van der Waals surface area contributed by atoms with Crippen molar-refractivity contribution in [2.75, 3.05) is 26.2 Å². The molecule has 116 valence electrons. The minimum Gasteiger partial charge on any atom is -0.342 e. The van der Waals surface area contributed by atoms with Crippen molar-refractivity contribution < 1.29 is 4.79 Å². The highest BCUT2D eigenvalue weighted by Crippen LogP contribution is 2.36. The van der Waals surface area contributed by atoms with Crippen LogP contribution in [0.3, 0.4) is 0 Å². The standard InChI is InChI=1S/C17H26N2OS/c1-2-19(12-13-5-4-9-18-11-13)17(20)15-6-3-7-16-14(15)8-10-21-16/h8,10,13,15,18H,2-7,9,11-12H2,1H3. The van der Waals surface area contributed by atoms with Gasteiger partial charge in [-0.3, -0.25) is 4.79 Å². The Bertz CT molecular complexity index is 479. The summed E-state index contributed by atoms with van der Waals surface area (Å²) >= 11 is 1.82. The van der Waals surface area contributed by atoms with E-state index in [-0.39, 0.29) is 5.92 Å². The highest BCUT2D eigenvalue weighted by atomic mass is 32.1. The van der Waals surface area contributed by atoms with Crippen LogP contribution in [0.5, 0.6) is 0 Å². The van der Waals surface area contributed by atoms with Gasteiger partial charge in [-0.15, -0.1) is 11.3 Å². The van der Waals surface area contributed by atoms with Crippen LogP contribution in [-0.2, 0) is 11.2 Å². The maximum absolute atomic E-state index is 13.0. The highest BCUT2D eigenvalue weighted by Gasteiger charge is 2.31. The van der Waals surface area contributed by atoms with Gasteiger partial charge >= 0.3 is 0 Å². The number of amides is 1. The lowest BCUT2D eigenvalue weighted by Crippen LogP contribution is -2.43. The third kappa shape index (κ3) is 3.32. The van der Waals surface area contributed by atoms with Gasteiger partial charge in [0.15, 0.2) is 0 Å². The second kappa shape index (κ2) is 6.93. The van der Waals surface area contributed by atoms with E-state index in [1.807, 2.05) is 11.3 Å². The average Bonchev–Trinajstić information content (AvgIpc) is 3.01. The number of nitrogens with one attached hydrogen (secondary N) is 1. The van der Waals surface area contributed by atoms with Crippen molar-refractivity contribution in [2.24, 2.45) is 5.92 Å². The first-order valence-corrected chi connectivity index (χ1v) is 9.23. The van der Waals surface area contributed by atoms with Crippen LogP contribution in [0.4, 0.5) is 0 Å². The Morgan fingerprint density at radius 3 is 3.10 bits per heavy atom. The summed E-state index contributed by atoms with van der Waals surface area (Å²) in [5.74, 6) is 1.12. The molecule has 2 heterocycles. The van der Waals surface area contributed by atoms with Crippen LogP contribution in [0.2, 0.25) is 0 Å². The number of fused-ring (bicyclic) bond motifs is 1. The summed E-state index contributed by atoms with van der Waals surface area (Å²) in [6.07, 6.45) is 5.85. The van der Waals surface area contributed by atoms with Crippen molar-refractivity contribution in [3.8, 4) is 0 Å². The van der Waals surface area contributed by atoms with E-state index in [0.29, 0.717) is 11.8 Å². The Kier molecular flexibility index (Phi) is 4.96. The first-order chi connectivity index (χ1) is 10.3. The first-order valence-electron chi connectivity index (χ1n) is 8.35. The summed E-state index contributed by atoms with van der Waals surface area (Å²) in [6.45, 7) is 6.09. The predicted molar refractivity (Wildman–Crippen MR) is 87.8 cm³/mol. The number of thiophene rings is 1. The van der Waals surface area contributed by atoms with Gasteiger partial charge in [-0.05, 0) is 75.0 Å². The molecule has 1 aliphatic carbocycles. The highest BCUT2D eigenvalue weighted by molar-refractivity contribution is 7.10. The fourth-order valence-electron chi connectivity index (χ4n) is 3.73.